The first-order chi connectivity index (χ1) is 13.8. The Hall–Kier alpha value is -2.36. The molecule has 8 nitrogen and oxygen atoms in total. The van der Waals surface area contributed by atoms with Crippen LogP contribution >= 0.6 is 12.2 Å². The summed E-state index contributed by atoms with van der Waals surface area (Å²) < 4.78 is 10.2. The molecule has 2 rings (SSSR count). The number of nitrogens with one attached hydrogen (secondary N) is 1. The Morgan fingerprint density at radius 1 is 1.28 bits per heavy atom. The number of ether oxygens (including phenoxy) is 2. The second-order valence-electron chi connectivity index (χ2n) is 6.94. The fourth-order valence-corrected chi connectivity index (χ4v) is 3.37. The predicted molar refractivity (Wildman–Crippen MR) is 115 cm³/mol. The summed E-state index contributed by atoms with van der Waals surface area (Å²) in [6.45, 7) is 2.71. The lowest BCUT2D eigenvalue weighted by molar-refractivity contribution is -0.138. The van der Waals surface area contributed by atoms with E-state index in [-0.39, 0.29) is 23.6 Å². The van der Waals surface area contributed by atoms with Crippen molar-refractivity contribution in [1.82, 2.24) is 15.1 Å². The number of thiocarbonyl (C=S) groups is 1. The number of nitrogens with zero attached hydrogens (tertiary/aromatic N) is 3. The quantitative estimate of drug-likeness (QED) is 0.368. The average Bonchev–Trinajstić information content (AvgIpc) is 2.68. The van der Waals surface area contributed by atoms with Crippen molar-refractivity contribution in [2.24, 2.45) is 10.9 Å². The van der Waals surface area contributed by atoms with Crippen LogP contribution in [0.3, 0.4) is 0 Å². The monoisotopic (exact) mass is 420 g/mol. The summed E-state index contributed by atoms with van der Waals surface area (Å²) in [6.07, 6.45) is 0. The molecular formula is C20H28N4O4S. The van der Waals surface area contributed by atoms with E-state index in [2.05, 4.69) is 10.3 Å². The van der Waals surface area contributed by atoms with Gasteiger partial charge in [-0.15, -0.1) is 0 Å². The molecule has 9 heteroatoms. The van der Waals surface area contributed by atoms with Gasteiger partial charge in [0.05, 0.1) is 32.8 Å². The van der Waals surface area contributed by atoms with Gasteiger partial charge in [-0.3, -0.25) is 19.5 Å². The van der Waals surface area contributed by atoms with E-state index in [9.17, 15) is 9.59 Å². The van der Waals surface area contributed by atoms with E-state index in [0.717, 1.165) is 11.3 Å². The number of carbonyl (C=O) groups excluding carboxylic acids is 2. The highest BCUT2D eigenvalue weighted by atomic mass is 32.1. The first kappa shape index (κ1) is 22.9. The number of hydrogen-bond donors (Lipinski definition) is 1. The maximum Gasteiger partial charge on any atom is 0.247 e. The summed E-state index contributed by atoms with van der Waals surface area (Å²) >= 11 is 5.12. The van der Waals surface area contributed by atoms with Gasteiger partial charge in [-0.2, -0.15) is 0 Å². The van der Waals surface area contributed by atoms with Gasteiger partial charge < -0.3 is 19.7 Å². The van der Waals surface area contributed by atoms with E-state index in [1.165, 1.54) is 4.90 Å². The molecule has 0 bridgehead atoms. The fourth-order valence-electron chi connectivity index (χ4n) is 3.09. The molecule has 2 atom stereocenters. The topological polar surface area (TPSA) is 83.5 Å². The Morgan fingerprint density at radius 3 is 2.48 bits per heavy atom. The Balaban J connectivity index is 2.18. The molecule has 0 aromatic heterocycles. The summed E-state index contributed by atoms with van der Waals surface area (Å²) in [5.41, 5.74) is 1.52. The summed E-state index contributed by atoms with van der Waals surface area (Å²) in [7, 11) is 7.09. The minimum absolute atomic E-state index is 0.0109. The number of methoxy groups -OCH3 is 2. The van der Waals surface area contributed by atoms with Crippen LogP contribution in [0, 0.1) is 5.92 Å². The van der Waals surface area contributed by atoms with E-state index >= 15 is 0 Å². The highest BCUT2D eigenvalue weighted by Crippen LogP contribution is 2.22. The zero-order valence-electron chi connectivity index (χ0n) is 17.5. The number of carbonyl (C=O) groups is 2. The van der Waals surface area contributed by atoms with Crippen molar-refractivity contribution < 1.29 is 19.1 Å². The summed E-state index contributed by atoms with van der Waals surface area (Å²) in [4.78, 5) is 33.2. The SMILES string of the molecule is COCCN1C(=O)C(C(C)=NC[C@@H](c2ccc(OC)cc2)N(C)C)C(=O)NC1=S. The van der Waals surface area contributed by atoms with Crippen LogP contribution in [-0.2, 0) is 14.3 Å². The van der Waals surface area contributed by atoms with Crippen molar-refractivity contribution in [2.45, 2.75) is 13.0 Å². The van der Waals surface area contributed by atoms with E-state index in [1.807, 2.05) is 43.3 Å². The highest BCUT2D eigenvalue weighted by molar-refractivity contribution is 7.80. The van der Waals surface area contributed by atoms with Crippen LogP contribution in [0.15, 0.2) is 29.3 Å². The second-order valence-corrected chi connectivity index (χ2v) is 7.33. The van der Waals surface area contributed by atoms with Crippen molar-refractivity contribution in [3.63, 3.8) is 0 Å². The first-order valence-electron chi connectivity index (χ1n) is 9.26. The van der Waals surface area contributed by atoms with Crippen LogP contribution in [0.5, 0.6) is 5.75 Å². The van der Waals surface area contributed by atoms with E-state index in [0.29, 0.717) is 18.9 Å². The maximum absolute atomic E-state index is 12.8. The predicted octanol–water partition coefficient (Wildman–Crippen LogP) is 1.26. The summed E-state index contributed by atoms with van der Waals surface area (Å²) in [5.74, 6) is -1.02. The summed E-state index contributed by atoms with van der Waals surface area (Å²) in [6, 6.07) is 7.75. The third kappa shape index (κ3) is 5.59. The van der Waals surface area contributed by atoms with Crippen molar-refractivity contribution in [1.29, 1.82) is 0 Å². The molecule has 1 aromatic rings. The van der Waals surface area contributed by atoms with Gasteiger partial charge in [0.15, 0.2) is 11.0 Å². The van der Waals surface area contributed by atoms with Crippen LogP contribution in [0.4, 0.5) is 0 Å². The largest absolute Gasteiger partial charge is 0.497 e. The van der Waals surface area contributed by atoms with Crippen LogP contribution in [-0.4, -0.2) is 80.4 Å². The normalized spacial score (nSPS) is 18.8. The third-order valence-electron chi connectivity index (χ3n) is 4.82. The van der Waals surface area contributed by atoms with E-state index in [4.69, 9.17) is 21.7 Å². The smallest absolute Gasteiger partial charge is 0.247 e. The van der Waals surface area contributed by atoms with Crippen LogP contribution < -0.4 is 10.1 Å². The molecule has 0 spiro atoms. The van der Waals surface area contributed by atoms with Crippen molar-refractivity contribution in [3.8, 4) is 5.75 Å². The lowest BCUT2D eigenvalue weighted by Gasteiger charge is -2.32. The number of aliphatic imine (C=N–C) groups is 1. The number of rotatable bonds is 9. The molecule has 0 aliphatic carbocycles. The Kier molecular flexibility index (Phi) is 8.24. The molecule has 1 saturated heterocycles. The molecule has 0 saturated carbocycles. The summed E-state index contributed by atoms with van der Waals surface area (Å²) in [5, 5.41) is 2.69. The molecule has 1 heterocycles. The number of likely N-dealkylation sites (N-methyl/N-ethyl adjacent to an activating group) is 1. The van der Waals surface area contributed by atoms with Gasteiger partial charge in [-0.1, -0.05) is 12.1 Å². The molecule has 1 aliphatic rings. The lowest BCUT2D eigenvalue weighted by Crippen LogP contribution is -2.60. The average molecular weight is 421 g/mol. The van der Waals surface area contributed by atoms with Crippen molar-refractivity contribution in [2.75, 3.05) is 48.0 Å². The minimum atomic E-state index is -0.989. The van der Waals surface area contributed by atoms with E-state index < -0.39 is 11.8 Å². The molecule has 158 valence electrons. The fraction of sp³-hybridized carbons (Fsp3) is 0.500. The highest BCUT2D eigenvalue weighted by Gasteiger charge is 2.40. The van der Waals surface area contributed by atoms with E-state index in [1.54, 1.807) is 21.1 Å². The Morgan fingerprint density at radius 2 is 1.93 bits per heavy atom. The molecule has 2 amide bonds. The molecule has 1 aromatic carbocycles. The molecular weight excluding hydrogens is 392 g/mol. The number of hydrogen-bond acceptors (Lipinski definition) is 7. The van der Waals surface area contributed by atoms with Gasteiger partial charge in [-0.25, -0.2) is 0 Å². The Bertz CT molecular complexity index is 779. The van der Waals surface area contributed by atoms with Crippen molar-refractivity contribution >= 4 is 34.9 Å². The molecule has 0 radical (unpaired) electrons. The molecule has 1 fully saturated rings. The van der Waals surface area contributed by atoms with Gasteiger partial charge in [0.25, 0.3) is 0 Å². The lowest BCUT2D eigenvalue weighted by atomic mass is 9.99. The van der Waals surface area contributed by atoms with Crippen molar-refractivity contribution in [3.05, 3.63) is 29.8 Å². The molecule has 29 heavy (non-hydrogen) atoms. The van der Waals surface area contributed by atoms with Crippen LogP contribution in [0.1, 0.15) is 18.5 Å². The molecule has 1 aliphatic heterocycles. The molecule has 1 unspecified atom stereocenters. The zero-order valence-corrected chi connectivity index (χ0v) is 18.3. The Labute approximate surface area is 176 Å². The van der Waals surface area contributed by atoms with Gasteiger partial charge in [0, 0.05) is 12.8 Å². The minimum Gasteiger partial charge on any atom is -0.497 e. The maximum atomic E-state index is 12.8. The van der Waals surface area contributed by atoms with Crippen LogP contribution in [0.25, 0.3) is 0 Å². The van der Waals surface area contributed by atoms with Gasteiger partial charge in [0.1, 0.15) is 5.75 Å². The van der Waals surface area contributed by atoms with Crippen LogP contribution in [0.2, 0.25) is 0 Å². The van der Waals surface area contributed by atoms with Gasteiger partial charge >= 0.3 is 0 Å². The second kappa shape index (κ2) is 10.4. The number of benzene rings is 1. The first-order valence-corrected chi connectivity index (χ1v) is 9.67. The third-order valence-corrected chi connectivity index (χ3v) is 5.15. The standard InChI is InChI=1S/C20H28N4O4S/c1-13(17-18(25)22-20(29)24(19(17)26)10-11-27-4)21-12-16(23(2)3)14-6-8-15(28-5)9-7-14/h6-9,16-17H,10-12H2,1-5H3,(H,22,25,29)/t16-,17?/m0/s1. The molecule has 1 N–H and O–H groups in total. The van der Waals surface area contributed by atoms with Gasteiger partial charge in [0.2, 0.25) is 11.8 Å². The van der Waals surface area contributed by atoms with Gasteiger partial charge in [-0.05, 0) is 50.9 Å². The number of amides is 2. The zero-order chi connectivity index (χ0) is 21.6.